The molecule has 9 heteroatoms. The molecule has 3 N–H and O–H groups in total. The molecule has 0 bridgehead atoms. The number of amides is 1. The smallest absolute Gasteiger partial charge is 0.344 e. The minimum atomic E-state index is -0.914. The number of anilines is 1. The molecule has 4 heterocycles. The van der Waals surface area contributed by atoms with Gasteiger partial charge in [-0.25, -0.2) is 9.59 Å². The molecule has 0 radical (unpaired) electrons. The van der Waals surface area contributed by atoms with E-state index in [0.29, 0.717) is 24.5 Å². The standard InChI is InChI=1S/C25H30N6O3/c1-17(2)26-22-6-11-31(28-22)24(34)29-12-8-25(9-13-29)7-3-10-30(25)16-20-15-19-14-18(23(32)33)4-5-21(19)27-20/h4-6,11,14-15,27H,1,3,7-10,12-13,16H2,2H3,(H,26,28)(H,32,33). The zero-order chi connectivity index (χ0) is 23.9. The number of nitrogens with zero attached hydrogens (tertiary/aromatic N) is 4. The number of carboxylic acids is 1. The average Bonchev–Trinajstić information content (AvgIpc) is 3.52. The summed E-state index contributed by atoms with van der Waals surface area (Å²) in [6.45, 7) is 8.88. The van der Waals surface area contributed by atoms with Gasteiger partial charge in [0.25, 0.3) is 0 Å². The molecule has 1 spiro atoms. The number of benzene rings is 1. The summed E-state index contributed by atoms with van der Waals surface area (Å²) in [4.78, 5) is 32.1. The molecular formula is C25H30N6O3. The van der Waals surface area contributed by atoms with Gasteiger partial charge >= 0.3 is 12.0 Å². The number of aromatic amines is 1. The largest absolute Gasteiger partial charge is 0.478 e. The highest BCUT2D eigenvalue weighted by Crippen LogP contribution is 2.39. The van der Waals surface area contributed by atoms with Crippen molar-refractivity contribution in [2.75, 3.05) is 25.0 Å². The van der Waals surface area contributed by atoms with E-state index in [1.165, 1.54) is 4.68 Å². The van der Waals surface area contributed by atoms with Crippen molar-refractivity contribution in [3.8, 4) is 0 Å². The Kier molecular flexibility index (Phi) is 5.65. The van der Waals surface area contributed by atoms with Gasteiger partial charge in [-0.1, -0.05) is 6.58 Å². The molecule has 0 aliphatic carbocycles. The van der Waals surface area contributed by atoms with Crippen molar-refractivity contribution in [3.05, 3.63) is 60.1 Å². The van der Waals surface area contributed by atoms with Crippen LogP contribution in [0, 0.1) is 0 Å². The second-order valence-corrected chi connectivity index (χ2v) is 9.47. The lowest BCUT2D eigenvalue weighted by Gasteiger charge is -2.44. The first kappa shape index (κ1) is 22.2. The first-order valence-electron chi connectivity index (χ1n) is 11.7. The Hall–Kier alpha value is -3.59. The topological polar surface area (TPSA) is 106 Å². The number of hydrogen-bond donors (Lipinski definition) is 3. The molecule has 0 unspecified atom stereocenters. The Balaban J connectivity index is 1.25. The monoisotopic (exact) mass is 462 g/mol. The molecule has 2 aromatic heterocycles. The number of H-pyrrole nitrogens is 1. The third-order valence-electron chi connectivity index (χ3n) is 7.12. The van der Waals surface area contributed by atoms with E-state index in [9.17, 15) is 14.7 Å². The quantitative estimate of drug-likeness (QED) is 0.527. The predicted molar refractivity (Wildman–Crippen MR) is 130 cm³/mol. The number of rotatable bonds is 5. The Morgan fingerprint density at radius 2 is 1.97 bits per heavy atom. The van der Waals surface area contributed by atoms with E-state index in [1.807, 2.05) is 17.9 Å². The molecule has 2 aliphatic heterocycles. The molecule has 2 saturated heterocycles. The Labute approximate surface area is 198 Å². The fraction of sp³-hybridized carbons (Fsp3) is 0.400. The van der Waals surface area contributed by atoms with Gasteiger partial charge in [-0.15, -0.1) is 5.10 Å². The minimum Gasteiger partial charge on any atom is -0.478 e. The van der Waals surface area contributed by atoms with E-state index in [2.05, 4.69) is 32.9 Å². The third-order valence-corrected chi connectivity index (χ3v) is 7.12. The molecule has 9 nitrogen and oxygen atoms in total. The van der Waals surface area contributed by atoms with Gasteiger partial charge in [0.2, 0.25) is 0 Å². The van der Waals surface area contributed by atoms with Crippen LogP contribution in [-0.4, -0.2) is 66.8 Å². The van der Waals surface area contributed by atoms with Crippen LogP contribution in [0.5, 0.6) is 0 Å². The summed E-state index contributed by atoms with van der Waals surface area (Å²) in [5.74, 6) is -0.298. The molecule has 0 atom stereocenters. The number of carbonyl (C=O) groups is 2. The number of likely N-dealkylation sites (tertiary alicyclic amines) is 2. The number of hydrogen-bond acceptors (Lipinski definition) is 5. The van der Waals surface area contributed by atoms with Crippen molar-refractivity contribution in [3.63, 3.8) is 0 Å². The molecular weight excluding hydrogens is 432 g/mol. The maximum atomic E-state index is 13.0. The highest BCUT2D eigenvalue weighted by atomic mass is 16.4. The summed E-state index contributed by atoms with van der Waals surface area (Å²) < 4.78 is 1.39. The van der Waals surface area contributed by atoms with Gasteiger partial charge in [0.05, 0.1) is 5.56 Å². The maximum absolute atomic E-state index is 13.0. The third kappa shape index (κ3) is 4.19. The van der Waals surface area contributed by atoms with Crippen LogP contribution in [0.1, 0.15) is 48.7 Å². The number of carboxylic acid groups (broad SMARTS) is 1. The summed E-state index contributed by atoms with van der Waals surface area (Å²) in [7, 11) is 0. The molecule has 5 rings (SSSR count). The van der Waals surface area contributed by atoms with Crippen molar-refractivity contribution in [2.45, 2.75) is 44.7 Å². The number of nitrogens with one attached hydrogen (secondary N) is 2. The number of piperidine rings is 1. The normalized spacial score (nSPS) is 18.0. The van der Waals surface area contributed by atoms with Crippen molar-refractivity contribution < 1.29 is 14.7 Å². The molecule has 178 valence electrons. The van der Waals surface area contributed by atoms with E-state index in [-0.39, 0.29) is 11.6 Å². The van der Waals surface area contributed by atoms with E-state index in [4.69, 9.17) is 0 Å². The van der Waals surface area contributed by atoms with Gasteiger partial charge in [-0.3, -0.25) is 4.90 Å². The zero-order valence-electron chi connectivity index (χ0n) is 19.4. The number of aromatic carboxylic acids is 1. The van der Waals surface area contributed by atoms with Crippen LogP contribution in [0.25, 0.3) is 10.9 Å². The predicted octanol–water partition coefficient (Wildman–Crippen LogP) is 4.11. The molecule has 3 aromatic rings. The lowest BCUT2D eigenvalue weighted by atomic mass is 9.85. The molecule has 1 aromatic carbocycles. The second-order valence-electron chi connectivity index (χ2n) is 9.47. The highest BCUT2D eigenvalue weighted by molar-refractivity contribution is 5.93. The van der Waals surface area contributed by atoms with E-state index < -0.39 is 5.97 Å². The summed E-state index contributed by atoms with van der Waals surface area (Å²) in [6.07, 6.45) is 5.82. The first-order valence-corrected chi connectivity index (χ1v) is 11.7. The minimum absolute atomic E-state index is 0.0943. The van der Waals surface area contributed by atoms with Crippen LogP contribution in [0.4, 0.5) is 10.6 Å². The SMILES string of the molecule is C=C(C)Nc1ccn(C(=O)N2CCC3(CCCN3Cc3cc4cc(C(=O)O)ccc4[nH]3)CC2)n1. The van der Waals surface area contributed by atoms with Crippen LogP contribution in [-0.2, 0) is 6.54 Å². The van der Waals surface area contributed by atoms with E-state index >= 15 is 0 Å². The fourth-order valence-electron chi connectivity index (χ4n) is 5.40. The summed E-state index contributed by atoms with van der Waals surface area (Å²) in [5.41, 5.74) is 3.21. The zero-order valence-corrected chi connectivity index (χ0v) is 19.4. The van der Waals surface area contributed by atoms with Crippen LogP contribution >= 0.6 is 0 Å². The van der Waals surface area contributed by atoms with Gasteiger partial charge in [-0.05, 0) is 63.4 Å². The van der Waals surface area contributed by atoms with E-state index in [0.717, 1.165) is 61.1 Å². The molecule has 2 fully saturated rings. The van der Waals surface area contributed by atoms with Crippen molar-refractivity contribution in [2.24, 2.45) is 0 Å². The summed E-state index contributed by atoms with van der Waals surface area (Å²) in [5, 5.41) is 17.5. The summed E-state index contributed by atoms with van der Waals surface area (Å²) >= 11 is 0. The Morgan fingerprint density at radius 1 is 1.18 bits per heavy atom. The molecule has 2 aliphatic rings. The van der Waals surface area contributed by atoms with Crippen LogP contribution in [0.3, 0.4) is 0 Å². The number of carbonyl (C=O) groups excluding carboxylic acids is 1. The average molecular weight is 463 g/mol. The number of aromatic nitrogens is 3. The molecule has 34 heavy (non-hydrogen) atoms. The summed E-state index contributed by atoms with van der Waals surface area (Å²) in [6, 6.07) is 8.91. The van der Waals surface area contributed by atoms with Crippen LogP contribution in [0.2, 0.25) is 0 Å². The van der Waals surface area contributed by atoms with E-state index in [1.54, 1.807) is 24.4 Å². The van der Waals surface area contributed by atoms with Crippen molar-refractivity contribution in [1.82, 2.24) is 24.6 Å². The Bertz CT molecular complexity index is 1250. The van der Waals surface area contributed by atoms with Crippen molar-refractivity contribution >= 4 is 28.7 Å². The van der Waals surface area contributed by atoms with Gasteiger partial charge in [0.1, 0.15) is 0 Å². The highest BCUT2D eigenvalue weighted by Gasteiger charge is 2.44. The van der Waals surface area contributed by atoms with Gasteiger partial charge in [0.15, 0.2) is 5.82 Å². The number of fused-ring (bicyclic) bond motifs is 1. The molecule has 0 saturated carbocycles. The van der Waals surface area contributed by atoms with Gasteiger partial charge in [0, 0.05) is 59.7 Å². The first-order chi connectivity index (χ1) is 16.3. The maximum Gasteiger partial charge on any atom is 0.344 e. The van der Waals surface area contributed by atoms with Gasteiger partial charge in [-0.2, -0.15) is 4.68 Å². The van der Waals surface area contributed by atoms with Gasteiger partial charge < -0.3 is 20.3 Å². The fourth-order valence-corrected chi connectivity index (χ4v) is 5.40. The van der Waals surface area contributed by atoms with Crippen LogP contribution in [0.15, 0.2) is 48.8 Å². The van der Waals surface area contributed by atoms with Crippen molar-refractivity contribution in [1.29, 1.82) is 0 Å². The molecule has 1 amide bonds. The lowest BCUT2D eigenvalue weighted by Crippen LogP contribution is -2.53. The van der Waals surface area contributed by atoms with Crippen LogP contribution < -0.4 is 5.32 Å². The lowest BCUT2D eigenvalue weighted by molar-refractivity contribution is 0.0578. The number of allylic oxidation sites excluding steroid dienone is 1. The second kappa shape index (κ2) is 8.64. The Morgan fingerprint density at radius 3 is 2.71 bits per heavy atom.